The minimum atomic E-state index is 0.750. The van der Waals surface area contributed by atoms with Crippen molar-refractivity contribution in [1.29, 1.82) is 0 Å². The first-order chi connectivity index (χ1) is 10.1. The maximum atomic E-state index is 5.36. The highest BCUT2D eigenvalue weighted by Gasteiger charge is 2.19. The summed E-state index contributed by atoms with van der Waals surface area (Å²) < 4.78 is 5.36. The number of ether oxygens (including phenoxy) is 1. The summed E-state index contributed by atoms with van der Waals surface area (Å²) in [5.74, 6) is 0.750. The van der Waals surface area contributed by atoms with Crippen molar-refractivity contribution < 1.29 is 4.74 Å². The Balaban J connectivity index is 1.75. The maximum Gasteiger partial charge on any atom is 0.230 e. The number of hydrogen-bond donors (Lipinski definition) is 1. The van der Waals surface area contributed by atoms with Crippen LogP contribution in [0.2, 0.25) is 0 Å². The standard InChI is InChI=1S/C15H28N4OS/c1-18(2)15-17-14(20-4)13(21-15)11-16-9-10-19(3)12-7-5-6-8-12/h12,16H,5-11H2,1-4H3. The fraction of sp³-hybridized carbons (Fsp3) is 0.800. The van der Waals surface area contributed by atoms with Crippen LogP contribution >= 0.6 is 11.3 Å². The van der Waals surface area contributed by atoms with Gasteiger partial charge in [-0.05, 0) is 19.9 Å². The molecule has 1 heterocycles. The van der Waals surface area contributed by atoms with Gasteiger partial charge in [0.2, 0.25) is 5.88 Å². The predicted molar refractivity (Wildman–Crippen MR) is 89.6 cm³/mol. The minimum Gasteiger partial charge on any atom is -0.480 e. The van der Waals surface area contributed by atoms with Gasteiger partial charge in [-0.15, -0.1) is 0 Å². The first-order valence-electron chi connectivity index (χ1n) is 7.73. The van der Waals surface area contributed by atoms with E-state index >= 15 is 0 Å². The Morgan fingerprint density at radius 2 is 2.00 bits per heavy atom. The smallest absolute Gasteiger partial charge is 0.230 e. The van der Waals surface area contributed by atoms with Crippen molar-refractivity contribution >= 4 is 16.5 Å². The van der Waals surface area contributed by atoms with Crippen LogP contribution in [0.15, 0.2) is 0 Å². The quantitative estimate of drug-likeness (QED) is 0.745. The fourth-order valence-electron chi connectivity index (χ4n) is 2.77. The molecule has 6 heteroatoms. The van der Waals surface area contributed by atoms with Crippen LogP contribution in [-0.2, 0) is 6.54 Å². The summed E-state index contributed by atoms with van der Waals surface area (Å²) in [6.45, 7) is 2.94. The molecule has 0 atom stereocenters. The largest absolute Gasteiger partial charge is 0.480 e. The van der Waals surface area contributed by atoms with Crippen molar-refractivity contribution in [3.8, 4) is 5.88 Å². The second-order valence-electron chi connectivity index (χ2n) is 5.92. The average molecular weight is 312 g/mol. The Labute approximate surface area is 132 Å². The molecule has 2 rings (SSSR count). The molecule has 21 heavy (non-hydrogen) atoms. The van der Waals surface area contributed by atoms with Gasteiger partial charge in [0.15, 0.2) is 5.13 Å². The first-order valence-corrected chi connectivity index (χ1v) is 8.55. The summed E-state index contributed by atoms with van der Waals surface area (Å²) >= 11 is 1.69. The van der Waals surface area contributed by atoms with Gasteiger partial charge in [0.1, 0.15) is 0 Å². The second-order valence-corrected chi connectivity index (χ2v) is 6.98. The summed E-state index contributed by atoms with van der Waals surface area (Å²) in [6, 6.07) is 0.796. The van der Waals surface area contributed by atoms with Crippen LogP contribution in [0.4, 0.5) is 5.13 Å². The molecule has 1 aliphatic carbocycles. The van der Waals surface area contributed by atoms with Gasteiger partial charge in [-0.25, -0.2) is 0 Å². The van der Waals surface area contributed by atoms with Crippen molar-refractivity contribution in [2.75, 3.05) is 46.2 Å². The molecular formula is C15H28N4OS. The molecule has 1 N–H and O–H groups in total. The molecule has 0 spiro atoms. The van der Waals surface area contributed by atoms with E-state index in [1.54, 1.807) is 18.4 Å². The van der Waals surface area contributed by atoms with E-state index in [1.165, 1.54) is 30.6 Å². The summed E-state index contributed by atoms with van der Waals surface area (Å²) in [5.41, 5.74) is 0. The topological polar surface area (TPSA) is 40.6 Å². The van der Waals surface area contributed by atoms with Gasteiger partial charge in [0.25, 0.3) is 0 Å². The molecule has 120 valence electrons. The molecule has 0 amide bonds. The number of aromatic nitrogens is 1. The predicted octanol–water partition coefficient (Wildman–Crippen LogP) is 2.18. The third-order valence-electron chi connectivity index (χ3n) is 4.10. The number of rotatable bonds is 8. The molecule has 0 unspecified atom stereocenters. The van der Waals surface area contributed by atoms with Crippen LogP contribution in [0.25, 0.3) is 0 Å². The molecule has 0 bridgehead atoms. The van der Waals surface area contributed by atoms with Crippen LogP contribution in [0.5, 0.6) is 5.88 Å². The van der Waals surface area contributed by atoms with Crippen molar-refractivity contribution in [3.05, 3.63) is 4.88 Å². The average Bonchev–Trinajstić information content (AvgIpc) is 3.12. The zero-order valence-corrected chi connectivity index (χ0v) is 14.5. The Bertz CT molecular complexity index is 429. The molecule has 1 saturated carbocycles. The number of likely N-dealkylation sites (N-methyl/N-ethyl adjacent to an activating group) is 1. The molecule has 1 aliphatic rings. The monoisotopic (exact) mass is 312 g/mol. The summed E-state index contributed by atoms with van der Waals surface area (Å²) in [6.07, 6.45) is 5.53. The van der Waals surface area contributed by atoms with Crippen molar-refractivity contribution in [3.63, 3.8) is 0 Å². The fourth-order valence-corrected chi connectivity index (χ4v) is 3.70. The van der Waals surface area contributed by atoms with E-state index in [4.69, 9.17) is 4.74 Å². The zero-order valence-electron chi connectivity index (χ0n) is 13.7. The van der Waals surface area contributed by atoms with Crippen LogP contribution in [0, 0.1) is 0 Å². The van der Waals surface area contributed by atoms with E-state index in [9.17, 15) is 0 Å². The van der Waals surface area contributed by atoms with Crippen LogP contribution < -0.4 is 15.0 Å². The van der Waals surface area contributed by atoms with E-state index in [0.29, 0.717) is 0 Å². The molecule has 0 saturated heterocycles. The van der Waals surface area contributed by atoms with Gasteiger partial charge >= 0.3 is 0 Å². The van der Waals surface area contributed by atoms with Crippen LogP contribution in [0.1, 0.15) is 30.6 Å². The highest BCUT2D eigenvalue weighted by Crippen LogP contribution is 2.30. The lowest BCUT2D eigenvalue weighted by molar-refractivity contribution is 0.245. The number of nitrogens with one attached hydrogen (secondary N) is 1. The molecule has 0 radical (unpaired) electrons. The number of methoxy groups -OCH3 is 1. The molecular weight excluding hydrogens is 284 g/mol. The zero-order chi connectivity index (χ0) is 15.2. The number of nitrogens with zero attached hydrogens (tertiary/aromatic N) is 3. The molecule has 1 aromatic rings. The number of hydrogen-bond acceptors (Lipinski definition) is 6. The summed E-state index contributed by atoms with van der Waals surface area (Å²) in [5, 5.41) is 4.51. The Morgan fingerprint density at radius 1 is 1.29 bits per heavy atom. The van der Waals surface area contributed by atoms with Gasteiger partial charge in [-0.1, -0.05) is 24.2 Å². The van der Waals surface area contributed by atoms with E-state index in [0.717, 1.165) is 36.7 Å². The van der Waals surface area contributed by atoms with E-state index in [1.807, 2.05) is 19.0 Å². The van der Waals surface area contributed by atoms with Gasteiger partial charge in [-0.3, -0.25) is 0 Å². The van der Waals surface area contributed by atoms with E-state index in [2.05, 4.69) is 22.2 Å². The van der Waals surface area contributed by atoms with E-state index in [-0.39, 0.29) is 0 Å². The van der Waals surface area contributed by atoms with Gasteiger partial charge in [0.05, 0.1) is 12.0 Å². The van der Waals surface area contributed by atoms with Crippen LogP contribution in [0.3, 0.4) is 0 Å². The lowest BCUT2D eigenvalue weighted by Crippen LogP contribution is -2.35. The molecule has 1 fully saturated rings. The first kappa shape index (κ1) is 16.5. The van der Waals surface area contributed by atoms with Gasteiger partial charge in [0, 0.05) is 39.8 Å². The highest BCUT2D eigenvalue weighted by atomic mass is 32.1. The summed E-state index contributed by atoms with van der Waals surface area (Å²) in [4.78, 5) is 10.2. The summed E-state index contributed by atoms with van der Waals surface area (Å²) in [7, 11) is 7.94. The third kappa shape index (κ3) is 4.56. The second kappa shape index (κ2) is 7.96. The Kier molecular flexibility index (Phi) is 6.26. The molecule has 0 aromatic carbocycles. The third-order valence-corrected chi connectivity index (χ3v) is 5.31. The Morgan fingerprint density at radius 3 is 2.62 bits per heavy atom. The highest BCUT2D eigenvalue weighted by molar-refractivity contribution is 7.15. The molecule has 1 aromatic heterocycles. The van der Waals surface area contributed by atoms with Crippen LogP contribution in [-0.4, -0.2) is 57.3 Å². The normalized spacial score (nSPS) is 15.9. The number of anilines is 1. The molecule has 0 aliphatic heterocycles. The van der Waals surface area contributed by atoms with E-state index < -0.39 is 0 Å². The lowest BCUT2D eigenvalue weighted by Gasteiger charge is -2.23. The minimum absolute atomic E-state index is 0.750. The number of thiazole rings is 1. The van der Waals surface area contributed by atoms with Gasteiger partial charge < -0.3 is 19.9 Å². The Hall–Kier alpha value is -0.850. The lowest BCUT2D eigenvalue weighted by atomic mass is 10.2. The SMILES string of the molecule is COc1nc(N(C)C)sc1CNCCN(C)C1CCCC1. The van der Waals surface area contributed by atoms with Gasteiger partial charge in [-0.2, -0.15) is 4.98 Å². The molecule has 5 nitrogen and oxygen atoms in total. The van der Waals surface area contributed by atoms with Crippen molar-refractivity contribution in [2.24, 2.45) is 0 Å². The van der Waals surface area contributed by atoms with Crippen molar-refractivity contribution in [1.82, 2.24) is 15.2 Å². The maximum absolute atomic E-state index is 5.36. The van der Waals surface area contributed by atoms with Crippen molar-refractivity contribution in [2.45, 2.75) is 38.3 Å².